The highest BCUT2D eigenvalue weighted by atomic mass is 16.7. The zero-order chi connectivity index (χ0) is 9.38. The van der Waals surface area contributed by atoms with Crippen LogP contribution in [-0.4, -0.2) is 12.9 Å². The molecule has 3 atom stereocenters. The number of ether oxygens (including phenoxy) is 2. The topological polar surface area (TPSA) is 18.5 Å². The molecule has 2 heteroatoms. The average molecular weight is 194 g/mol. The van der Waals surface area contributed by atoms with Gasteiger partial charge in [0, 0.05) is 5.92 Å². The minimum Gasteiger partial charge on any atom is -0.472 e. The van der Waals surface area contributed by atoms with Crippen molar-refractivity contribution in [2.45, 2.75) is 44.8 Å². The molecule has 3 unspecified atom stereocenters. The van der Waals surface area contributed by atoms with Gasteiger partial charge < -0.3 is 9.47 Å². The van der Waals surface area contributed by atoms with E-state index in [9.17, 15) is 0 Å². The van der Waals surface area contributed by atoms with Crippen molar-refractivity contribution < 1.29 is 9.47 Å². The Morgan fingerprint density at radius 1 is 1.14 bits per heavy atom. The highest BCUT2D eigenvalue weighted by Crippen LogP contribution is 2.43. The van der Waals surface area contributed by atoms with Crippen molar-refractivity contribution >= 4 is 0 Å². The van der Waals surface area contributed by atoms with Crippen LogP contribution in [0.2, 0.25) is 0 Å². The van der Waals surface area contributed by atoms with Gasteiger partial charge in [-0.1, -0.05) is 6.42 Å². The molecule has 3 rings (SSSR count). The van der Waals surface area contributed by atoms with E-state index in [2.05, 4.69) is 0 Å². The van der Waals surface area contributed by atoms with Gasteiger partial charge in [-0.2, -0.15) is 0 Å². The predicted molar refractivity (Wildman–Crippen MR) is 53.6 cm³/mol. The zero-order valence-corrected chi connectivity index (χ0v) is 8.58. The molecule has 0 aromatic rings. The smallest absolute Gasteiger partial charge is 0.202 e. The highest BCUT2D eigenvalue weighted by molar-refractivity contribution is 5.11. The minimum absolute atomic E-state index is 0.0793. The van der Waals surface area contributed by atoms with Crippen LogP contribution in [0.3, 0.4) is 0 Å². The molecule has 0 aromatic carbocycles. The average Bonchev–Trinajstić information content (AvgIpc) is 2.29. The first-order valence-electron chi connectivity index (χ1n) is 5.91. The van der Waals surface area contributed by atoms with E-state index in [0.717, 1.165) is 12.5 Å². The fourth-order valence-corrected chi connectivity index (χ4v) is 3.16. The van der Waals surface area contributed by atoms with E-state index in [-0.39, 0.29) is 6.29 Å². The molecule has 2 aliphatic heterocycles. The zero-order valence-electron chi connectivity index (χ0n) is 8.58. The molecule has 2 heterocycles. The molecular weight excluding hydrogens is 176 g/mol. The van der Waals surface area contributed by atoms with E-state index in [1.165, 1.54) is 38.5 Å². The van der Waals surface area contributed by atoms with Crippen LogP contribution in [0, 0.1) is 11.8 Å². The van der Waals surface area contributed by atoms with Crippen molar-refractivity contribution in [2.24, 2.45) is 11.8 Å². The molecule has 1 aliphatic carbocycles. The van der Waals surface area contributed by atoms with Crippen molar-refractivity contribution in [1.82, 2.24) is 0 Å². The SMILES string of the molecule is C1=C2CCCCC2C2CCCOC2O1. The summed E-state index contributed by atoms with van der Waals surface area (Å²) in [6, 6.07) is 0. The third-order valence-corrected chi connectivity index (χ3v) is 3.89. The Bertz CT molecular complexity index is 247. The van der Waals surface area contributed by atoms with Crippen LogP contribution in [0.1, 0.15) is 38.5 Å². The fraction of sp³-hybridized carbons (Fsp3) is 0.833. The van der Waals surface area contributed by atoms with Crippen molar-refractivity contribution in [3.8, 4) is 0 Å². The number of hydrogen-bond donors (Lipinski definition) is 0. The van der Waals surface area contributed by atoms with E-state index in [1.807, 2.05) is 6.26 Å². The van der Waals surface area contributed by atoms with Gasteiger partial charge in [-0.3, -0.25) is 0 Å². The van der Waals surface area contributed by atoms with Gasteiger partial charge in [0.05, 0.1) is 12.9 Å². The van der Waals surface area contributed by atoms with Gasteiger partial charge in [-0.15, -0.1) is 0 Å². The van der Waals surface area contributed by atoms with Crippen LogP contribution in [0.5, 0.6) is 0 Å². The Morgan fingerprint density at radius 2 is 2.14 bits per heavy atom. The highest BCUT2D eigenvalue weighted by Gasteiger charge is 2.39. The van der Waals surface area contributed by atoms with E-state index >= 15 is 0 Å². The Balaban J connectivity index is 1.82. The van der Waals surface area contributed by atoms with Gasteiger partial charge in [0.2, 0.25) is 6.29 Å². The summed E-state index contributed by atoms with van der Waals surface area (Å²) in [5.41, 5.74) is 1.56. The molecule has 2 fully saturated rings. The summed E-state index contributed by atoms with van der Waals surface area (Å²) in [7, 11) is 0. The molecule has 1 saturated heterocycles. The van der Waals surface area contributed by atoms with Crippen molar-refractivity contribution in [1.29, 1.82) is 0 Å². The van der Waals surface area contributed by atoms with Gasteiger partial charge in [0.15, 0.2) is 0 Å². The van der Waals surface area contributed by atoms with Gasteiger partial charge in [0.1, 0.15) is 0 Å². The lowest BCUT2D eigenvalue weighted by Crippen LogP contribution is -2.40. The fourth-order valence-electron chi connectivity index (χ4n) is 3.16. The van der Waals surface area contributed by atoms with Crippen LogP contribution < -0.4 is 0 Å². The maximum absolute atomic E-state index is 5.67. The molecule has 3 aliphatic rings. The number of hydrogen-bond acceptors (Lipinski definition) is 2. The van der Waals surface area contributed by atoms with Crippen molar-refractivity contribution in [2.75, 3.05) is 6.61 Å². The van der Waals surface area contributed by atoms with E-state index in [1.54, 1.807) is 5.57 Å². The summed E-state index contributed by atoms with van der Waals surface area (Å²) in [6.45, 7) is 0.886. The van der Waals surface area contributed by atoms with Crippen LogP contribution in [0.4, 0.5) is 0 Å². The predicted octanol–water partition coefficient (Wildman–Crippen LogP) is 2.84. The lowest BCUT2D eigenvalue weighted by atomic mass is 9.73. The second kappa shape index (κ2) is 3.58. The van der Waals surface area contributed by atoms with Gasteiger partial charge >= 0.3 is 0 Å². The summed E-state index contributed by atoms with van der Waals surface area (Å²) >= 11 is 0. The molecule has 0 N–H and O–H groups in total. The normalized spacial score (nSPS) is 41.7. The molecule has 0 radical (unpaired) electrons. The summed E-state index contributed by atoms with van der Waals surface area (Å²) in [5, 5.41) is 0. The molecule has 78 valence electrons. The van der Waals surface area contributed by atoms with E-state index in [0.29, 0.717) is 5.92 Å². The summed E-state index contributed by atoms with van der Waals surface area (Å²) in [6.07, 6.45) is 9.95. The second-order valence-electron chi connectivity index (χ2n) is 4.73. The third-order valence-electron chi connectivity index (χ3n) is 3.89. The molecule has 0 aromatic heterocycles. The van der Waals surface area contributed by atoms with Crippen LogP contribution in [-0.2, 0) is 9.47 Å². The number of allylic oxidation sites excluding steroid dienone is 1. The summed E-state index contributed by atoms with van der Waals surface area (Å²) in [5.74, 6) is 1.44. The lowest BCUT2D eigenvalue weighted by Gasteiger charge is -2.42. The van der Waals surface area contributed by atoms with Gasteiger partial charge in [-0.25, -0.2) is 0 Å². The van der Waals surface area contributed by atoms with Crippen LogP contribution in [0.25, 0.3) is 0 Å². The second-order valence-corrected chi connectivity index (χ2v) is 4.73. The largest absolute Gasteiger partial charge is 0.472 e. The van der Waals surface area contributed by atoms with Crippen LogP contribution in [0.15, 0.2) is 11.8 Å². The third kappa shape index (κ3) is 1.36. The van der Waals surface area contributed by atoms with Crippen molar-refractivity contribution in [3.05, 3.63) is 11.8 Å². The summed E-state index contributed by atoms with van der Waals surface area (Å²) < 4.78 is 11.3. The molecular formula is C12H18O2. The lowest BCUT2D eigenvalue weighted by molar-refractivity contribution is -0.185. The quantitative estimate of drug-likeness (QED) is 0.590. The van der Waals surface area contributed by atoms with Gasteiger partial charge in [0.25, 0.3) is 0 Å². The number of fused-ring (bicyclic) bond motifs is 3. The standard InChI is InChI=1S/C12H18O2/c1-2-5-10-9(4-1)8-14-12-11(10)6-3-7-13-12/h8,10-12H,1-7H2. The maximum atomic E-state index is 5.67. The van der Waals surface area contributed by atoms with E-state index < -0.39 is 0 Å². The first-order chi connectivity index (χ1) is 6.95. The molecule has 0 bridgehead atoms. The molecule has 0 amide bonds. The molecule has 0 spiro atoms. The van der Waals surface area contributed by atoms with Crippen molar-refractivity contribution in [3.63, 3.8) is 0 Å². The van der Waals surface area contributed by atoms with Gasteiger partial charge in [-0.05, 0) is 43.6 Å². The summed E-state index contributed by atoms with van der Waals surface area (Å²) in [4.78, 5) is 0. The minimum atomic E-state index is 0.0793. The first-order valence-corrected chi connectivity index (χ1v) is 5.91. The monoisotopic (exact) mass is 194 g/mol. The Labute approximate surface area is 85.3 Å². The maximum Gasteiger partial charge on any atom is 0.202 e. The Hall–Kier alpha value is -0.500. The van der Waals surface area contributed by atoms with Crippen LogP contribution >= 0.6 is 0 Å². The molecule has 2 nitrogen and oxygen atoms in total. The number of rotatable bonds is 0. The Kier molecular flexibility index (Phi) is 2.24. The molecule has 1 saturated carbocycles. The Morgan fingerprint density at radius 3 is 3.14 bits per heavy atom. The van der Waals surface area contributed by atoms with E-state index in [4.69, 9.17) is 9.47 Å². The molecule has 14 heavy (non-hydrogen) atoms. The first kappa shape index (κ1) is 8.78.